The average Bonchev–Trinajstić information content (AvgIpc) is 2.42. The summed E-state index contributed by atoms with van der Waals surface area (Å²) < 4.78 is 40.9. The molecule has 0 amide bonds. The van der Waals surface area contributed by atoms with E-state index in [0.717, 1.165) is 30.0 Å². The molecule has 0 fully saturated rings. The molecule has 21 heavy (non-hydrogen) atoms. The van der Waals surface area contributed by atoms with Gasteiger partial charge in [0.05, 0.1) is 4.90 Å². The third-order valence-electron chi connectivity index (χ3n) is 2.88. The third-order valence-corrected chi connectivity index (χ3v) is 4.01. The van der Waals surface area contributed by atoms with Gasteiger partial charge in [-0.25, -0.2) is 13.2 Å². The summed E-state index contributed by atoms with van der Waals surface area (Å²) in [5.74, 6) is -1.39. The minimum absolute atomic E-state index is 0.145. The van der Waals surface area contributed by atoms with Crippen LogP contribution in [0.5, 0.6) is 0 Å². The summed E-state index contributed by atoms with van der Waals surface area (Å²) in [6.07, 6.45) is 0. The second kappa shape index (κ2) is 7.00. The lowest BCUT2D eigenvalue weighted by Gasteiger charge is -2.13. The largest absolute Gasteiger partial charge is 0.310 e. The van der Waals surface area contributed by atoms with Gasteiger partial charge in [-0.3, -0.25) is 0 Å². The smallest absolute Gasteiger partial charge is 0.137 e. The van der Waals surface area contributed by atoms with Crippen LogP contribution in [0.3, 0.4) is 0 Å². The fraction of sp³-hybridized carbons (Fsp3) is 0.250. The molecule has 0 atom stereocenters. The van der Waals surface area contributed by atoms with E-state index in [1.807, 2.05) is 13.8 Å². The van der Waals surface area contributed by atoms with E-state index in [1.165, 1.54) is 6.07 Å². The van der Waals surface area contributed by atoms with Gasteiger partial charge in [-0.2, -0.15) is 0 Å². The summed E-state index contributed by atoms with van der Waals surface area (Å²) in [6.45, 7) is 4.25. The molecule has 0 saturated carbocycles. The number of hydrogen-bond donors (Lipinski definition) is 1. The number of benzene rings is 2. The molecule has 112 valence electrons. The zero-order chi connectivity index (χ0) is 15.4. The van der Waals surface area contributed by atoms with Crippen molar-refractivity contribution in [2.24, 2.45) is 0 Å². The molecule has 0 aliphatic heterocycles. The van der Waals surface area contributed by atoms with Gasteiger partial charge in [0.25, 0.3) is 0 Å². The molecule has 0 heterocycles. The Morgan fingerprint density at radius 1 is 1.00 bits per heavy atom. The Balaban J connectivity index is 2.31. The molecule has 0 aromatic heterocycles. The van der Waals surface area contributed by atoms with Crippen LogP contribution in [0.1, 0.15) is 19.4 Å². The second-order valence-electron chi connectivity index (χ2n) is 4.93. The highest BCUT2D eigenvalue weighted by atomic mass is 32.2. The van der Waals surface area contributed by atoms with E-state index >= 15 is 0 Å². The second-order valence-corrected chi connectivity index (χ2v) is 6.01. The monoisotopic (exact) mass is 311 g/mol. The standard InChI is InChI=1S/C16H16F3NS/c1-10(2)20-9-12-13(18)4-3-5-15(12)21-16-8-11(17)6-7-14(16)19/h3-8,10,20H,9H2,1-2H3. The fourth-order valence-corrected chi connectivity index (χ4v) is 2.80. The van der Waals surface area contributed by atoms with E-state index < -0.39 is 11.6 Å². The zero-order valence-corrected chi connectivity index (χ0v) is 12.6. The Hall–Kier alpha value is -1.46. The first-order chi connectivity index (χ1) is 9.97. The Kier molecular flexibility index (Phi) is 5.31. The number of rotatable bonds is 5. The highest BCUT2D eigenvalue weighted by Gasteiger charge is 2.13. The van der Waals surface area contributed by atoms with Gasteiger partial charge in [-0.1, -0.05) is 31.7 Å². The summed E-state index contributed by atoms with van der Waals surface area (Å²) >= 11 is 1.03. The van der Waals surface area contributed by atoms with Gasteiger partial charge in [-0.15, -0.1) is 0 Å². The molecular weight excluding hydrogens is 295 g/mol. The van der Waals surface area contributed by atoms with Crippen LogP contribution >= 0.6 is 11.8 Å². The van der Waals surface area contributed by atoms with Crippen LogP contribution in [0, 0.1) is 17.5 Å². The lowest BCUT2D eigenvalue weighted by atomic mass is 10.2. The van der Waals surface area contributed by atoms with Crippen molar-refractivity contribution in [3.8, 4) is 0 Å². The molecule has 1 N–H and O–H groups in total. The van der Waals surface area contributed by atoms with Crippen LogP contribution in [-0.2, 0) is 6.54 Å². The van der Waals surface area contributed by atoms with Crippen molar-refractivity contribution in [1.82, 2.24) is 5.32 Å². The average molecular weight is 311 g/mol. The molecule has 2 aromatic carbocycles. The predicted octanol–water partition coefficient (Wildman–Crippen LogP) is 4.75. The molecule has 0 radical (unpaired) electrons. The summed E-state index contributed by atoms with van der Waals surface area (Å²) in [7, 11) is 0. The van der Waals surface area contributed by atoms with Crippen molar-refractivity contribution < 1.29 is 13.2 Å². The van der Waals surface area contributed by atoms with Gasteiger partial charge in [0.2, 0.25) is 0 Å². The summed E-state index contributed by atoms with van der Waals surface area (Å²) in [5, 5.41) is 3.13. The van der Waals surface area contributed by atoms with Crippen LogP contribution < -0.4 is 5.32 Å². The van der Waals surface area contributed by atoms with Gasteiger partial charge >= 0.3 is 0 Å². The predicted molar refractivity (Wildman–Crippen MR) is 78.9 cm³/mol. The van der Waals surface area contributed by atoms with E-state index in [0.29, 0.717) is 17.0 Å². The molecule has 0 saturated heterocycles. The zero-order valence-electron chi connectivity index (χ0n) is 11.8. The van der Waals surface area contributed by atoms with Crippen LogP contribution in [0.25, 0.3) is 0 Å². The maximum atomic E-state index is 14.0. The van der Waals surface area contributed by atoms with Gasteiger partial charge in [0.15, 0.2) is 0 Å². The fourth-order valence-electron chi connectivity index (χ4n) is 1.79. The minimum atomic E-state index is -0.520. The van der Waals surface area contributed by atoms with Crippen molar-refractivity contribution in [3.63, 3.8) is 0 Å². The lowest BCUT2D eigenvalue weighted by molar-refractivity contribution is 0.546. The molecule has 1 nitrogen and oxygen atoms in total. The van der Waals surface area contributed by atoms with Crippen molar-refractivity contribution in [2.75, 3.05) is 0 Å². The van der Waals surface area contributed by atoms with E-state index in [4.69, 9.17) is 0 Å². The molecule has 0 unspecified atom stereocenters. The van der Waals surface area contributed by atoms with Crippen molar-refractivity contribution >= 4 is 11.8 Å². The number of nitrogens with one attached hydrogen (secondary N) is 1. The Labute approximate surface area is 126 Å². The molecule has 0 bridgehead atoms. The molecule has 2 aromatic rings. The van der Waals surface area contributed by atoms with Gasteiger partial charge < -0.3 is 5.32 Å². The van der Waals surface area contributed by atoms with E-state index in [-0.39, 0.29) is 16.8 Å². The van der Waals surface area contributed by atoms with E-state index in [2.05, 4.69) is 5.32 Å². The van der Waals surface area contributed by atoms with Crippen molar-refractivity contribution in [2.45, 2.75) is 36.2 Å². The molecule has 5 heteroatoms. The van der Waals surface area contributed by atoms with Crippen molar-refractivity contribution in [1.29, 1.82) is 0 Å². The first-order valence-electron chi connectivity index (χ1n) is 6.61. The van der Waals surface area contributed by atoms with Gasteiger partial charge in [-0.05, 0) is 30.3 Å². The molecule has 0 spiro atoms. The summed E-state index contributed by atoms with van der Waals surface area (Å²) in [6, 6.07) is 8.08. The Morgan fingerprint density at radius 2 is 1.76 bits per heavy atom. The Morgan fingerprint density at radius 3 is 2.48 bits per heavy atom. The van der Waals surface area contributed by atoms with Crippen molar-refractivity contribution in [3.05, 3.63) is 59.4 Å². The highest BCUT2D eigenvalue weighted by Crippen LogP contribution is 2.33. The molecule has 0 aliphatic carbocycles. The maximum absolute atomic E-state index is 14.0. The topological polar surface area (TPSA) is 12.0 Å². The van der Waals surface area contributed by atoms with E-state index in [1.54, 1.807) is 12.1 Å². The first-order valence-corrected chi connectivity index (χ1v) is 7.42. The number of hydrogen-bond acceptors (Lipinski definition) is 2. The van der Waals surface area contributed by atoms with Crippen LogP contribution in [0.4, 0.5) is 13.2 Å². The SMILES string of the molecule is CC(C)NCc1c(F)cccc1Sc1cc(F)ccc1F. The molecule has 2 rings (SSSR count). The molecule has 0 aliphatic rings. The van der Waals surface area contributed by atoms with E-state index in [9.17, 15) is 13.2 Å². The summed E-state index contributed by atoms with van der Waals surface area (Å²) in [5.41, 5.74) is 0.458. The number of halogens is 3. The highest BCUT2D eigenvalue weighted by molar-refractivity contribution is 7.99. The Bertz CT molecular complexity index is 629. The quantitative estimate of drug-likeness (QED) is 0.855. The first kappa shape index (κ1) is 15.9. The summed E-state index contributed by atoms with van der Waals surface area (Å²) in [4.78, 5) is 0.721. The van der Waals surface area contributed by atoms with Crippen LogP contribution in [0.15, 0.2) is 46.2 Å². The third kappa shape index (κ3) is 4.25. The van der Waals surface area contributed by atoms with Crippen LogP contribution in [-0.4, -0.2) is 6.04 Å². The van der Waals surface area contributed by atoms with Gasteiger partial charge in [0.1, 0.15) is 17.5 Å². The minimum Gasteiger partial charge on any atom is -0.310 e. The van der Waals surface area contributed by atoms with Crippen LogP contribution in [0.2, 0.25) is 0 Å². The lowest BCUT2D eigenvalue weighted by Crippen LogP contribution is -2.22. The molecular formula is C16H16F3NS. The maximum Gasteiger partial charge on any atom is 0.137 e. The van der Waals surface area contributed by atoms with Gasteiger partial charge in [0, 0.05) is 23.0 Å². The normalized spacial score (nSPS) is 11.1.